The Hall–Kier alpha value is -3.37. The minimum atomic E-state index is -0.586. The third kappa shape index (κ3) is 5.07. The molecule has 1 N–H and O–H groups in total. The Bertz CT molecular complexity index is 988. The van der Waals surface area contributed by atoms with Crippen LogP contribution in [0.15, 0.2) is 18.2 Å². The van der Waals surface area contributed by atoms with Crippen LogP contribution in [-0.4, -0.2) is 80.3 Å². The number of likely N-dealkylation sites (tertiary alicyclic amines) is 1. The van der Waals surface area contributed by atoms with Crippen LogP contribution in [0.4, 0.5) is 20.6 Å². The first kappa shape index (κ1) is 23.8. The maximum atomic E-state index is 15.2. The molecule has 1 aromatic carbocycles. The van der Waals surface area contributed by atoms with Crippen molar-refractivity contribution in [3.63, 3.8) is 0 Å². The van der Waals surface area contributed by atoms with Gasteiger partial charge in [-0.3, -0.25) is 19.3 Å². The van der Waals surface area contributed by atoms with E-state index in [4.69, 9.17) is 9.47 Å². The van der Waals surface area contributed by atoms with Gasteiger partial charge in [-0.2, -0.15) is 0 Å². The first-order valence-electron chi connectivity index (χ1n) is 11.4. The Balaban J connectivity index is 1.42. The normalized spacial score (nSPS) is 24.0. The van der Waals surface area contributed by atoms with Crippen LogP contribution < -0.4 is 15.1 Å². The molecule has 3 fully saturated rings. The van der Waals surface area contributed by atoms with Gasteiger partial charge in [0.25, 0.3) is 5.91 Å². The molecule has 3 saturated heterocycles. The number of nitrogens with zero attached hydrogens (tertiary/aromatic N) is 3. The van der Waals surface area contributed by atoms with Gasteiger partial charge in [0.05, 0.1) is 30.5 Å². The standard InChI is InChI=1S/C23H29FN4O6/c1-14(29)25-9-18-11-28(23(32)34-18)17-5-6-20(19(24)8-17)26-10-16-4-3-7-27(21(16)12-26)22(31)13-33-15(2)30/h5-6,8,16,18,21H,3-4,7,9-13H2,1-2H3,(H,25,29)/t16?,18?,21-/m0/s1. The highest BCUT2D eigenvalue weighted by molar-refractivity contribution is 5.90. The lowest BCUT2D eigenvalue weighted by atomic mass is 9.92. The molecule has 0 saturated carbocycles. The van der Waals surface area contributed by atoms with Crippen LogP contribution in [0.5, 0.6) is 0 Å². The molecule has 3 atom stereocenters. The van der Waals surface area contributed by atoms with Gasteiger partial charge in [0, 0.05) is 33.5 Å². The molecule has 2 unspecified atom stereocenters. The monoisotopic (exact) mass is 476 g/mol. The Kier molecular flexibility index (Phi) is 6.90. The largest absolute Gasteiger partial charge is 0.456 e. The summed E-state index contributed by atoms with van der Waals surface area (Å²) in [5.41, 5.74) is 0.791. The molecule has 3 heterocycles. The zero-order valence-electron chi connectivity index (χ0n) is 19.3. The highest BCUT2D eigenvalue weighted by Gasteiger charge is 2.42. The summed E-state index contributed by atoms with van der Waals surface area (Å²) in [5, 5.41) is 2.61. The van der Waals surface area contributed by atoms with Crippen molar-refractivity contribution in [3.8, 4) is 0 Å². The number of halogens is 1. The number of fused-ring (bicyclic) bond motifs is 1. The summed E-state index contributed by atoms with van der Waals surface area (Å²) in [6.07, 6.45) is 0.694. The molecule has 0 radical (unpaired) electrons. The smallest absolute Gasteiger partial charge is 0.414 e. The number of hydrogen-bond donors (Lipinski definition) is 1. The number of amides is 3. The number of carbonyl (C=O) groups excluding carboxylic acids is 4. The van der Waals surface area contributed by atoms with Crippen molar-refractivity contribution in [1.82, 2.24) is 10.2 Å². The van der Waals surface area contributed by atoms with Crippen molar-refractivity contribution in [2.45, 2.75) is 38.8 Å². The van der Waals surface area contributed by atoms with E-state index in [0.717, 1.165) is 12.8 Å². The molecule has 0 aromatic heterocycles. The summed E-state index contributed by atoms with van der Waals surface area (Å²) < 4.78 is 25.3. The molecule has 11 heteroatoms. The van der Waals surface area contributed by atoms with E-state index in [1.165, 1.54) is 24.8 Å². The van der Waals surface area contributed by atoms with E-state index in [-0.39, 0.29) is 43.5 Å². The number of hydrogen-bond acceptors (Lipinski definition) is 7. The van der Waals surface area contributed by atoms with Crippen LogP contribution in [0.1, 0.15) is 26.7 Å². The molecule has 0 aliphatic carbocycles. The zero-order chi connectivity index (χ0) is 24.4. The van der Waals surface area contributed by atoms with Crippen LogP contribution in [-0.2, 0) is 23.9 Å². The van der Waals surface area contributed by atoms with Gasteiger partial charge in [-0.1, -0.05) is 0 Å². The van der Waals surface area contributed by atoms with Crippen molar-refractivity contribution in [2.24, 2.45) is 5.92 Å². The molecule has 3 amide bonds. The lowest BCUT2D eigenvalue weighted by molar-refractivity contribution is -0.152. The first-order valence-corrected chi connectivity index (χ1v) is 11.4. The van der Waals surface area contributed by atoms with Gasteiger partial charge in [-0.05, 0) is 37.0 Å². The predicted molar refractivity (Wildman–Crippen MR) is 120 cm³/mol. The Morgan fingerprint density at radius 3 is 2.71 bits per heavy atom. The molecule has 184 valence electrons. The molecular weight excluding hydrogens is 447 g/mol. The summed E-state index contributed by atoms with van der Waals surface area (Å²) in [4.78, 5) is 52.0. The summed E-state index contributed by atoms with van der Waals surface area (Å²) in [6.45, 7) is 4.46. The minimum absolute atomic E-state index is 0.0704. The van der Waals surface area contributed by atoms with E-state index < -0.39 is 24.0 Å². The van der Waals surface area contributed by atoms with E-state index in [0.29, 0.717) is 31.0 Å². The zero-order valence-corrected chi connectivity index (χ0v) is 19.3. The van der Waals surface area contributed by atoms with Crippen molar-refractivity contribution >= 4 is 35.3 Å². The van der Waals surface area contributed by atoms with Gasteiger partial charge in [-0.25, -0.2) is 9.18 Å². The lowest BCUT2D eigenvalue weighted by Crippen LogP contribution is -2.49. The number of ether oxygens (including phenoxy) is 2. The number of anilines is 2. The van der Waals surface area contributed by atoms with E-state index in [1.807, 2.05) is 4.90 Å². The fourth-order valence-electron chi connectivity index (χ4n) is 4.95. The molecule has 1 aromatic rings. The number of benzene rings is 1. The van der Waals surface area contributed by atoms with Gasteiger partial charge in [-0.15, -0.1) is 0 Å². The van der Waals surface area contributed by atoms with Crippen LogP contribution in [0.3, 0.4) is 0 Å². The molecular formula is C23H29FN4O6. The van der Waals surface area contributed by atoms with Crippen LogP contribution in [0.25, 0.3) is 0 Å². The summed E-state index contributed by atoms with van der Waals surface area (Å²) in [6, 6.07) is 4.55. The highest BCUT2D eigenvalue weighted by Crippen LogP contribution is 2.36. The minimum Gasteiger partial charge on any atom is -0.456 e. The molecule has 10 nitrogen and oxygen atoms in total. The Morgan fingerprint density at radius 2 is 2.00 bits per heavy atom. The van der Waals surface area contributed by atoms with E-state index >= 15 is 4.39 Å². The highest BCUT2D eigenvalue weighted by atomic mass is 19.1. The quantitative estimate of drug-likeness (QED) is 0.616. The molecule has 4 rings (SSSR count). The van der Waals surface area contributed by atoms with E-state index in [2.05, 4.69) is 5.32 Å². The average molecular weight is 477 g/mol. The van der Waals surface area contributed by atoms with Crippen molar-refractivity contribution in [1.29, 1.82) is 0 Å². The molecule has 3 aliphatic rings. The second kappa shape index (κ2) is 9.86. The predicted octanol–water partition coefficient (Wildman–Crippen LogP) is 1.28. The SMILES string of the molecule is CC(=O)NCC1CN(c2ccc(N3CC4CCCN(C(=O)COC(C)=O)[C@H]4C3)c(F)c2)C(=O)O1. The number of nitrogens with one attached hydrogen (secondary N) is 1. The van der Waals surface area contributed by atoms with Gasteiger partial charge in [0.1, 0.15) is 11.9 Å². The Morgan fingerprint density at radius 1 is 1.21 bits per heavy atom. The number of piperidine rings is 1. The third-order valence-corrected chi connectivity index (χ3v) is 6.54. The summed E-state index contributed by atoms with van der Waals surface area (Å²) >= 11 is 0. The van der Waals surface area contributed by atoms with Gasteiger partial charge < -0.3 is 24.6 Å². The fraction of sp³-hybridized carbons (Fsp3) is 0.565. The third-order valence-electron chi connectivity index (χ3n) is 6.54. The Labute approximate surface area is 196 Å². The van der Waals surface area contributed by atoms with Gasteiger partial charge in [0.2, 0.25) is 5.91 Å². The average Bonchev–Trinajstić information content (AvgIpc) is 3.39. The second-order valence-electron chi connectivity index (χ2n) is 8.93. The molecule has 0 bridgehead atoms. The van der Waals surface area contributed by atoms with Gasteiger partial charge in [0.15, 0.2) is 6.61 Å². The summed E-state index contributed by atoms with van der Waals surface area (Å²) in [5.74, 6) is -1.21. The van der Waals surface area contributed by atoms with E-state index in [9.17, 15) is 19.2 Å². The summed E-state index contributed by atoms with van der Waals surface area (Å²) in [7, 11) is 0. The molecule has 3 aliphatic heterocycles. The second-order valence-corrected chi connectivity index (χ2v) is 8.93. The number of esters is 1. The maximum Gasteiger partial charge on any atom is 0.414 e. The molecule has 0 spiro atoms. The topological polar surface area (TPSA) is 108 Å². The van der Waals surface area contributed by atoms with Gasteiger partial charge >= 0.3 is 12.1 Å². The van der Waals surface area contributed by atoms with Crippen molar-refractivity contribution < 1.29 is 33.0 Å². The maximum absolute atomic E-state index is 15.2. The fourth-order valence-corrected chi connectivity index (χ4v) is 4.95. The molecule has 34 heavy (non-hydrogen) atoms. The van der Waals surface area contributed by atoms with Crippen LogP contribution in [0.2, 0.25) is 0 Å². The number of carbonyl (C=O) groups is 4. The van der Waals surface area contributed by atoms with Crippen LogP contribution in [0, 0.1) is 11.7 Å². The first-order chi connectivity index (χ1) is 16.2. The number of rotatable bonds is 6. The lowest BCUT2D eigenvalue weighted by Gasteiger charge is -2.36. The van der Waals surface area contributed by atoms with Crippen LogP contribution >= 0.6 is 0 Å². The van der Waals surface area contributed by atoms with Crippen molar-refractivity contribution in [3.05, 3.63) is 24.0 Å². The number of cyclic esters (lactones) is 1. The van der Waals surface area contributed by atoms with E-state index in [1.54, 1.807) is 17.0 Å². The van der Waals surface area contributed by atoms with Crippen molar-refractivity contribution in [2.75, 3.05) is 49.1 Å².